The zero-order valence-corrected chi connectivity index (χ0v) is 9.41. The number of nitrogens with two attached hydrogens (primary N) is 1. The highest BCUT2D eigenvalue weighted by Gasteiger charge is 2.35. The van der Waals surface area contributed by atoms with Gasteiger partial charge in [-0.15, -0.1) is 13.2 Å². The van der Waals surface area contributed by atoms with Gasteiger partial charge < -0.3 is 9.72 Å². The molecular formula is C6H4F3N3O6S. The first kappa shape index (κ1) is 14.9. The van der Waals surface area contributed by atoms with Crippen LogP contribution < -0.4 is 15.4 Å². The summed E-state index contributed by atoms with van der Waals surface area (Å²) in [7, 11) is -4.77. The van der Waals surface area contributed by atoms with Crippen LogP contribution in [0.25, 0.3) is 0 Å². The SMILES string of the molecule is NS(=O)(=O)c1[nH]c(=O)c([N+](=O)[O-])cc1OC(F)(F)F. The van der Waals surface area contributed by atoms with Crippen LogP contribution in [-0.4, -0.2) is 24.7 Å². The highest BCUT2D eigenvalue weighted by atomic mass is 32.2. The van der Waals surface area contributed by atoms with E-state index in [0.717, 1.165) is 0 Å². The van der Waals surface area contributed by atoms with Crippen LogP contribution in [-0.2, 0) is 10.0 Å². The summed E-state index contributed by atoms with van der Waals surface area (Å²) in [6.45, 7) is 0. The van der Waals surface area contributed by atoms with Gasteiger partial charge in [-0.2, -0.15) is 0 Å². The average molecular weight is 303 g/mol. The van der Waals surface area contributed by atoms with Crippen LogP contribution in [0.2, 0.25) is 0 Å². The van der Waals surface area contributed by atoms with Crippen LogP contribution in [0.1, 0.15) is 0 Å². The second-order valence-corrected chi connectivity index (χ2v) is 4.53. The van der Waals surface area contributed by atoms with Gasteiger partial charge in [0.05, 0.1) is 11.0 Å². The standard InChI is InChI=1S/C6H4F3N3O6S/c7-6(8,9)18-3-1-2(12(14)15)4(13)11-5(3)19(10,16)17/h1H,(H,11,13)(H2,10,16,17). The maximum absolute atomic E-state index is 12.0. The van der Waals surface area contributed by atoms with E-state index < -0.39 is 43.3 Å². The molecule has 0 aromatic carbocycles. The monoisotopic (exact) mass is 303 g/mol. The summed E-state index contributed by atoms with van der Waals surface area (Å²) in [4.78, 5) is 21.5. The van der Waals surface area contributed by atoms with Crippen LogP contribution >= 0.6 is 0 Å². The average Bonchev–Trinajstić information content (AvgIpc) is 2.15. The van der Waals surface area contributed by atoms with Crippen LogP contribution in [0, 0.1) is 10.1 Å². The molecular weight excluding hydrogens is 299 g/mol. The van der Waals surface area contributed by atoms with Crippen LogP contribution in [0.4, 0.5) is 18.9 Å². The quantitative estimate of drug-likeness (QED) is 0.585. The van der Waals surface area contributed by atoms with Crippen molar-refractivity contribution < 1.29 is 31.2 Å². The van der Waals surface area contributed by atoms with Crippen molar-refractivity contribution in [2.24, 2.45) is 5.14 Å². The number of H-pyrrole nitrogens is 1. The Hall–Kier alpha value is -2.15. The van der Waals surface area contributed by atoms with Gasteiger partial charge >= 0.3 is 17.6 Å². The molecule has 0 bridgehead atoms. The number of sulfonamides is 1. The van der Waals surface area contributed by atoms with Gasteiger partial charge in [0.2, 0.25) is 0 Å². The Bertz CT molecular complexity index is 678. The first-order chi connectivity index (χ1) is 8.42. The Morgan fingerprint density at radius 2 is 1.95 bits per heavy atom. The summed E-state index contributed by atoms with van der Waals surface area (Å²) < 4.78 is 61.3. The fourth-order valence-electron chi connectivity index (χ4n) is 1.03. The van der Waals surface area contributed by atoms with E-state index in [1.165, 1.54) is 4.98 Å². The molecule has 0 amide bonds. The maximum atomic E-state index is 12.0. The van der Waals surface area contributed by atoms with Crippen molar-refractivity contribution in [2.75, 3.05) is 0 Å². The van der Waals surface area contributed by atoms with Crippen LogP contribution in [0.5, 0.6) is 5.75 Å². The molecule has 9 nitrogen and oxygen atoms in total. The highest BCUT2D eigenvalue weighted by Crippen LogP contribution is 2.28. The van der Waals surface area contributed by atoms with E-state index in [1.54, 1.807) is 0 Å². The zero-order valence-electron chi connectivity index (χ0n) is 8.59. The van der Waals surface area contributed by atoms with Gasteiger partial charge in [0.1, 0.15) is 0 Å². The predicted octanol–water partition coefficient (Wildman–Crippen LogP) is -0.171. The van der Waals surface area contributed by atoms with E-state index in [1.807, 2.05) is 0 Å². The molecule has 13 heteroatoms. The number of rotatable bonds is 3. The number of pyridine rings is 1. The number of ether oxygens (including phenoxy) is 1. The minimum absolute atomic E-state index is 0.0199. The lowest BCUT2D eigenvalue weighted by molar-refractivity contribution is -0.386. The molecule has 3 N–H and O–H groups in total. The summed E-state index contributed by atoms with van der Waals surface area (Å²) in [5.41, 5.74) is -2.87. The van der Waals surface area contributed by atoms with Crippen LogP contribution in [0.3, 0.4) is 0 Å². The minimum Gasteiger partial charge on any atom is -0.402 e. The van der Waals surface area contributed by atoms with Crippen molar-refractivity contribution in [1.29, 1.82) is 0 Å². The number of nitro groups is 1. The highest BCUT2D eigenvalue weighted by molar-refractivity contribution is 7.89. The normalized spacial score (nSPS) is 12.2. The molecule has 0 saturated carbocycles. The molecule has 0 atom stereocenters. The van der Waals surface area contributed by atoms with Gasteiger partial charge in [0.15, 0.2) is 10.8 Å². The van der Waals surface area contributed by atoms with Gasteiger partial charge in [-0.05, 0) is 0 Å². The molecule has 106 valence electrons. The number of aromatic amines is 1. The molecule has 0 radical (unpaired) electrons. The third kappa shape index (κ3) is 3.65. The van der Waals surface area contributed by atoms with E-state index in [2.05, 4.69) is 9.88 Å². The first-order valence-electron chi connectivity index (χ1n) is 4.12. The second kappa shape index (κ2) is 4.51. The maximum Gasteiger partial charge on any atom is 0.573 e. The molecule has 19 heavy (non-hydrogen) atoms. The third-order valence-corrected chi connectivity index (χ3v) is 2.53. The van der Waals surface area contributed by atoms with Crippen LogP contribution in [0.15, 0.2) is 15.9 Å². The van der Waals surface area contributed by atoms with Crippen molar-refractivity contribution in [1.82, 2.24) is 4.98 Å². The number of primary sulfonamides is 1. The molecule has 1 rings (SSSR count). The fourth-order valence-corrected chi connectivity index (χ4v) is 1.65. The zero-order chi connectivity index (χ0) is 15.0. The lowest BCUT2D eigenvalue weighted by atomic mass is 10.4. The summed E-state index contributed by atoms with van der Waals surface area (Å²) in [6, 6.07) is 0.0199. The Morgan fingerprint density at radius 1 is 1.42 bits per heavy atom. The number of hydrogen-bond acceptors (Lipinski definition) is 6. The van der Waals surface area contributed by atoms with Gasteiger partial charge in [-0.25, -0.2) is 13.6 Å². The van der Waals surface area contributed by atoms with E-state index in [9.17, 15) is 36.5 Å². The van der Waals surface area contributed by atoms with Gasteiger partial charge in [0, 0.05) is 0 Å². The first-order valence-corrected chi connectivity index (χ1v) is 5.66. The Morgan fingerprint density at radius 3 is 2.32 bits per heavy atom. The van der Waals surface area contributed by atoms with E-state index >= 15 is 0 Å². The summed E-state index contributed by atoms with van der Waals surface area (Å²) >= 11 is 0. The summed E-state index contributed by atoms with van der Waals surface area (Å²) in [5, 5.41) is 13.5. The number of aromatic nitrogens is 1. The topological polar surface area (TPSA) is 145 Å². The summed E-state index contributed by atoms with van der Waals surface area (Å²) in [6.07, 6.45) is -5.33. The Kier molecular flexibility index (Phi) is 3.54. The number of hydrogen-bond donors (Lipinski definition) is 2. The van der Waals surface area contributed by atoms with E-state index in [0.29, 0.717) is 0 Å². The minimum atomic E-state index is -5.33. The van der Waals surface area contributed by atoms with Crippen molar-refractivity contribution in [2.45, 2.75) is 11.4 Å². The number of nitrogens with zero attached hydrogens (tertiary/aromatic N) is 1. The molecule has 0 spiro atoms. The molecule has 1 aromatic heterocycles. The smallest absolute Gasteiger partial charge is 0.402 e. The lowest BCUT2D eigenvalue weighted by Crippen LogP contribution is -2.25. The molecule has 1 aromatic rings. The largest absolute Gasteiger partial charge is 0.573 e. The van der Waals surface area contributed by atoms with E-state index in [4.69, 9.17) is 0 Å². The molecule has 0 aliphatic carbocycles. The molecule has 0 fully saturated rings. The molecule has 0 aliphatic rings. The van der Waals surface area contributed by atoms with Gasteiger partial charge in [0.25, 0.3) is 10.0 Å². The molecule has 0 saturated heterocycles. The van der Waals surface area contributed by atoms with Crippen molar-refractivity contribution >= 4 is 15.7 Å². The third-order valence-electron chi connectivity index (χ3n) is 1.66. The molecule has 0 unspecified atom stereocenters. The van der Waals surface area contributed by atoms with Crippen molar-refractivity contribution in [3.8, 4) is 5.75 Å². The van der Waals surface area contributed by atoms with Gasteiger partial charge in [-0.1, -0.05) is 0 Å². The number of halogens is 3. The van der Waals surface area contributed by atoms with E-state index in [-0.39, 0.29) is 6.07 Å². The second-order valence-electron chi connectivity index (χ2n) is 3.03. The van der Waals surface area contributed by atoms with Crippen molar-refractivity contribution in [3.63, 3.8) is 0 Å². The Balaban J connectivity index is 3.61. The number of alkyl halides is 3. The predicted molar refractivity (Wildman–Crippen MR) is 51.8 cm³/mol. The van der Waals surface area contributed by atoms with Gasteiger partial charge in [-0.3, -0.25) is 14.9 Å². The number of nitrogens with one attached hydrogen (secondary N) is 1. The lowest BCUT2D eigenvalue weighted by Gasteiger charge is -2.11. The molecule has 0 aliphatic heterocycles. The molecule has 1 heterocycles. The van der Waals surface area contributed by atoms with Crippen molar-refractivity contribution in [3.05, 3.63) is 26.5 Å². The Labute approximate surface area is 102 Å². The summed E-state index contributed by atoms with van der Waals surface area (Å²) in [5.74, 6) is -1.50. The fraction of sp³-hybridized carbons (Fsp3) is 0.167.